The van der Waals surface area contributed by atoms with Gasteiger partial charge in [0.15, 0.2) is 5.78 Å². The first-order valence-electron chi connectivity index (χ1n) is 6.31. The van der Waals surface area contributed by atoms with E-state index in [1.165, 1.54) is 5.56 Å². The number of benzene rings is 1. The van der Waals surface area contributed by atoms with E-state index in [0.29, 0.717) is 5.56 Å². The molecule has 0 heterocycles. The van der Waals surface area contributed by atoms with E-state index >= 15 is 0 Å². The van der Waals surface area contributed by atoms with E-state index in [0.717, 1.165) is 6.42 Å². The number of ketones is 1. The predicted octanol–water partition coefficient (Wildman–Crippen LogP) is 3.37. The monoisotopic (exact) mass is 266 g/mol. The Kier molecular flexibility index (Phi) is 4.85. The molecule has 1 aromatic rings. The number of hydrogen-bond acceptors (Lipinski definition) is 2. The van der Waals surface area contributed by atoms with Gasteiger partial charge in [0.05, 0.1) is 5.25 Å². The molecule has 0 aliphatic carbocycles. The minimum atomic E-state index is -1.17. The van der Waals surface area contributed by atoms with Gasteiger partial charge in [-0.05, 0) is 39.7 Å². The average molecular weight is 266 g/mol. The fraction of sp³-hybridized carbons (Fsp3) is 0.533. The van der Waals surface area contributed by atoms with E-state index in [9.17, 15) is 9.00 Å². The Morgan fingerprint density at radius 1 is 1.22 bits per heavy atom. The number of carbonyl (C=O) groups is 1. The van der Waals surface area contributed by atoms with Crippen LogP contribution in [-0.4, -0.2) is 20.0 Å². The van der Waals surface area contributed by atoms with Crippen molar-refractivity contribution >= 4 is 16.6 Å². The molecule has 0 saturated carbocycles. The minimum Gasteiger partial charge on any atom is -0.293 e. The molecule has 1 rings (SSSR count). The third kappa shape index (κ3) is 3.52. The maximum absolute atomic E-state index is 12.2. The van der Waals surface area contributed by atoms with Crippen LogP contribution >= 0.6 is 0 Å². The Morgan fingerprint density at radius 3 is 2.11 bits per heavy atom. The van der Waals surface area contributed by atoms with E-state index in [2.05, 4.69) is 6.92 Å². The Balaban J connectivity index is 2.90. The normalized spacial score (nSPS) is 15.2. The van der Waals surface area contributed by atoms with Crippen molar-refractivity contribution in [1.29, 1.82) is 0 Å². The molecule has 0 spiro atoms. The first-order valence-corrected chi connectivity index (χ1v) is 7.52. The highest BCUT2D eigenvalue weighted by molar-refractivity contribution is 7.87. The van der Waals surface area contributed by atoms with E-state index < -0.39 is 16.0 Å². The van der Waals surface area contributed by atoms with Crippen LogP contribution in [0.15, 0.2) is 24.3 Å². The highest BCUT2D eigenvalue weighted by Crippen LogP contribution is 2.19. The molecular weight excluding hydrogens is 244 g/mol. The SMILES string of the molecule is CCc1ccc(C(=O)C(C)S(=O)C(C)(C)C)cc1. The average Bonchev–Trinajstić information content (AvgIpc) is 2.35. The zero-order chi connectivity index (χ0) is 13.9. The molecule has 0 aromatic heterocycles. The summed E-state index contributed by atoms with van der Waals surface area (Å²) in [7, 11) is -1.17. The number of Topliss-reactive ketones (excluding diaryl/α,β-unsaturated/α-hetero) is 1. The second-order valence-corrected chi connectivity index (χ2v) is 7.99. The van der Waals surface area contributed by atoms with Gasteiger partial charge < -0.3 is 0 Å². The molecule has 3 heteroatoms. The van der Waals surface area contributed by atoms with Crippen molar-refractivity contribution in [2.24, 2.45) is 0 Å². The summed E-state index contributed by atoms with van der Waals surface area (Å²) >= 11 is 0. The van der Waals surface area contributed by atoms with Crippen LogP contribution in [0, 0.1) is 0 Å². The topological polar surface area (TPSA) is 34.1 Å². The van der Waals surface area contributed by atoms with Gasteiger partial charge in [-0.25, -0.2) is 0 Å². The van der Waals surface area contributed by atoms with Crippen LogP contribution < -0.4 is 0 Å². The highest BCUT2D eigenvalue weighted by Gasteiger charge is 2.30. The van der Waals surface area contributed by atoms with Crippen LogP contribution in [0.5, 0.6) is 0 Å². The maximum atomic E-state index is 12.2. The van der Waals surface area contributed by atoms with Gasteiger partial charge in [0, 0.05) is 21.1 Å². The Hall–Kier alpha value is -0.960. The molecule has 0 saturated heterocycles. The summed E-state index contributed by atoms with van der Waals surface area (Å²) in [6, 6.07) is 7.58. The zero-order valence-corrected chi connectivity index (χ0v) is 12.6. The third-order valence-corrected chi connectivity index (χ3v) is 5.00. The first-order chi connectivity index (χ1) is 8.27. The molecule has 18 heavy (non-hydrogen) atoms. The number of hydrogen-bond donors (Lipinski definition) is 0. The van der Waals surface area contributed by atoms with Crippen LogP contribution in [0.25, 0.3) is 0 Å². The molecular formula is C15H22O2S. The lowest BCUT2D eigenvalue weighted by Crippen LogP contribution is -2.34. The van der Waals surface area contributed by atoms with Crippen molar-refractivity contribution in [1.82, 2.24) is 0 Å². The molecule has 0 aliphatic heterocycles. The van der Waals surface area contributed by atoms with Crippen molar-refractivity contribution in [2.45, 2.75) is 51.0 Å². The minimum absolute atomic E-state index is 0.0362. The van der Waals surface area contributed by atoms with Gasteiger partial charge in [-0.3, -0.25) is 9.00 Å². The lowest BCUT2D eigenvalue weighted by molar-refractivity contribution is 0.0992. The molecule has 0 bridgehead atoms. The number of aryl methyl sites for hydroxylation is 1. The summed E-state index contributed by atoms with van der Waals surface area (Å²) in [5, 5.41) is -0.461. The van der Waals surface area contributed by atoms with Gasteiger partial charge in [0.25, 0.3) is 0 Å². The van der Waals surface area contributed by atoms with E-state index in [1.807, 2.05) is 45.0 Å². The number of rotatable bonds is 4. The van der Waals surface area contributed by atoms with Gasteiger partial charge in [0.2, 0.25) is 0 Å². The molecule has 0 N–H and O–H groups in total. The third-order valence-electron chi connectivity index (χ3n) is 2.94. The molecule has 100 valence electrons. The van der Waals surface area contributed by atoms with E-state index in [1.54, 1.807) is 6.92 Å². The number of carbonyl (C=O) groups excluding carboxylic acids is 1. The standard InChI is InChI=1S/C15H22O2S/c1-6-12-7-9-13(10-8-12)14(16)11(2)18(17)15(3,4)5/h7-11H,6H2,1-5H3. The van der Waals surface area contributed by atoms with Gasteiger partial charge >= 0.3 is 0 Å². The van der Waals surface area contributed by atoms with Crippen LogP contribution in [0.1, 0.15) is 50.5 Å². The molecule has 0 amide bonds. The van der Waals surface area contributed by atoms with Gasteiger partial charge in [-0.2, -0.15) is 0 Å². The second-order valence-electron chi connectivity index (χ2n) is 5.47. The Bertz CT molecular complexity index is 441. The quantitative estimate of drug-likeness (QED) is 0.783. The molecule has 2 nitrogen and oxygen atoms in total. The van der Waals surface area contributed by atoms with Crippen LogP contribution in [-0.2, 0) is 17.2 Å². The molecule has 0 aliphatic rings. The predicted molar refractivity (Wildman–Crippen MR) is 77.5 cm³/mol. The summed E-state index contributed by atoms with van der Waals surface area (Å²) in [5.41, 5.74) is 1.86. The van der Waals surface area contributed by atoms with E-state index in [-0.39, 0.29) is 10.5 Å². The fourth-order valence-electron chi connectivity index (χ4n) is 1.77. The highest BCUT2D eigenvalue weighted by atomic mass is 32.2. The Morgan fingerprint density at radius 2 is 1.72 bits per heavy atom. The lowest BCUT2D eigenvalue weighted by atomic mass is 10.1. The summed E-state index contributed by atoms with van der Waals surface area (Å²) in [6.07, 6.45) is 0.956. The maximum Gasteiger partial charge on any atom is 0.178 e. The van der Waals surface area contributed by atoms with Gasteiger partial charge in [-0.1, -0.05) is 31.2 Å². The van der Waals surface area contributed by atoms with Crippen molar-refractivity contribution in [2.75, 3.05) is 0 Å². The summed E-state index contributed by atoms with van der Waals surface area (Å²) in [5.74, 6) is -0.0362. The van der Waals surface area contributed by atoms with Crippen molar-refractivity contribution in [3.8, 4) is 0 Å². The molecule has 2 atom stereocenters. The van der Waals surface area contributed by atoms with Gasteiger partial charge in [0.1, 0.15) is 0 Å². The van der Waals surface area contributed by atoms with Crippen molar-refractivity contribution in [3.63, 3.8) is 0 Å². The van der Waals surface area contributed by atoms with Gasteiger partial charge in [-0.15, -0.1) is 0 Å². The molecule has 1 aromatic carbocycles. The first kappa shape index (κ1) is 15.1. The second kappa shape index (κ2) is 5.79. The van der Waals surface area contributed by atoms with E-state index in [4.69, 9.17) is 0 Å². The van der Waals surface area contributed by atoms with Crippen LogP contribution in [0.4, 0.5) is 0 Å². The summed E-state index contributed by atoms with van der Waals surface area (Å²) in [6.45, 7) is 9.51. The molecule has 0 radical (unpaired) electrons. The van der Waals surface area contributed by atoms with Crippen molar-refractivity contribution in [3.05, 3.63) is 35.4 Å². The van der Waals surface area contributed by atoms with Crippen LogP contribution in [0.2, 0.25) is 0 Å². The van der Waals surface area contributed by atoms with Crippen LogP contribution in [0.3, 0.4) is 0 Å². The largest absolute Gasteiger partial charge is 0.293 e. The fourth-order valence-corrected chi connectivity index (χ4v) is 3.16. The van der Waals surface area contributed by atoms with Crippen molar-refractivity contribution < 1.29 is 9.00 Å². The smallest absolute Gasteiger partial charge is 0.178 e. The molecule has 0 fully saturated rings. The zero-order valence-electron chi connectivity index (χ0n) is 11.8. The molecule has 2 unspecified atom stereocenters. The summed E-state index contributed by atoms with van der Waals surface area (Å²) in [4.78, 5) is 12.2. The summed E-state index contributed by atoms with van der Waals surface area (Å²) < 4.78 is 11.8. The lowest BCUT2D eigenvalue weighted by Gasteiger charge is -2.22. The Labute approximate surface area is 112 Å².